The van der Waals surface area contributed by atoms with Crippen molar-refractivity contribution in [1.82, 2.24) is 9.71 Å². The molecule has 1 aromatic heterocycles. The molecule has 0 unspecified atom stereocenters. The highest BCUT2D eigenvalue weighted by molar-refractivity contribution is 7.90. The first-order valence-corrected chi connectivity index (χ1v) is 8.70. The van der Waals surface area contributed by atoms with Crippen molar-refractivity contribution < 1.29 is 17.9 Å². The van der Waals surface area contributed by atoms with Gasteiger partial charge in [0.2, 0.25) is 10.0 Å². The van der Waals surface area contributed by atoms with E-state index in [0.717, 1.165) is 0 Å². The fraction of sp³-hybridized carbons (Fsp3) is 0.200. The van der Waals surface area contributed by atoms with Crippen molar-refractivity contribution in [3.05, 3.63) is 53.2 Å². The largest absolute Gasteiger partial charge is 0.384 e. The van der Waals surface area contributed by atoms with Crippen LogP contribution in [0.4, 0.5) is 0 Å². The minimum Gasteiger partial charge on any atom is -0.384 e. The summed E-state index contributed by atoms with van der Waals surface area (Å²) in [5.74, 6) is -1.10. The lowest BCUT2D eigenvalue weighted by molar-refractivity contribution is 0.0981. The van der Waals surface area contributed by atoms with E-state index in [0.29, 0.717) is 11.3 Å². The topological polar surface area (TPSA) is 85.4 Å². The van der Waals surface area contributed by atoms with Crippen molar-refractivity contribution in [2.45, 2.75) is 0 Å². The van der Waals surface area contributed by atoms with Crippen LogP contribution in [0.2, 0.25) is 5.02 Å². The zero-order valence-electron chi connectivity index (χ0n) is 12.3. The number of methoxy groups -OCH3 is 1. The van der Waals surface area contributed by atoms with E-state index in [4.69, 9.17) is 16.3 Å². The van der Waals surface area contributed by atoms with Crippen LogP contribution in [0.5, 0.6) is 0 Å². The molecule has 0 bridgehead atoms. The summed E-state index contributed by atoms with van der Waals surface area (Å²) in [5, 5.41) is 0.157. The van der Waals surface area contributed by atoms with Crippen LogP contribution < -0.4 is 4.72 Å². The first kappa shape index (κ1) is 17.4. The molecule has 2 aromatic rings. The molecule has 0 aliphatic carbocycles. The molecule has 1 N–H and O–H groups in total. The maximum absolute atomic E-state index is 12.2. The average molecular weight is 355 g/mol. The van der Waals surface area contributed by atoms with E-state index < -0.39 is 15.9 Å². The molecule has 6 nitrogen and oxygen atoms in total. The molecular formula is C15H15ClN2O4S. The molecule has 2 rings (SSSR count). The molecule has 0 spiro atoms. The molecule has 0 aliphatic heterocycles. The summed E-state index contributed by atoms with van der Waals surface area (Å²) in [7, 11) is -2.40. The molecule has 0 fully saturated rings. The highest BCUT2D eigenvalue weighted by Gasteiger charge is 2.18. The second-order valence-electron chi connectivity index (χ2n) is 4.65. The number of rotatable bonds is 6. The van der Waals surface area contributed by atoms with E-state index in [1.807, 2.05) is 10.8 Å². The summed E-state index contributed by atoms with van der Waals surface area (Å²) >= 11 is 6.01. The van der Waals surface area contributed by atoms with Crippen LogP contribution >= 0.6 is 11.6 Å². The number of sulfonamides is 1. The van der Waals surface area contributed by atoms with Crippen LogP contribution in [0.1, 0.15) is 10.4 Å². The molecule has 0 saturated heterocycles. The fourth-order valence-corrected chi connectivity index (χ4v) is 2.92. The summed E-state index contributed by atoms with van der Waals surface area (Å²) in [5.41, 5.74) is 1.38. The van der Waals surface area contributed by atoms with Crippen LogP contribution in [0.25, 0.3) is 11.3 Å². The fourth-order valence-electron chi connectivity index (χ4n) is 1.83. The number of amides is 1. The van der Waals surface area contributed by atoms with Gasteiger partial charge in [0.1, 0.15) is 0 Å². The normalized spacial score (nSPS) is 11.2. The maximum atomic E-state index is 12.2. The van der Waals surface area contributed by atoms with Crippen LogP contribution in [0, 0.1) is 0 Å². The lowest BCUT2D eigenvalue weighted by atomic mass is 10.1. The Morgan fingerprint density at radius 1 is 1.30 bits per heavy atom. The van der Waals surface area contributed by atoms with Crippen LogP contribution in [0.3, 0.4) is 0 Å². The summed E-state index contributed by atoms with van der Waals surface area (Å²) < 4.78 is 30.2. The quantitative estimate of drug-likeness (QED) is 0.858. The number of hydrogen-bond donors (Lipinski definition) is 1. The summed E-state index contributed by atoms with van der Waals surface area (Å²) in [4.78, 5) is 16.4. The number of hydrogen-bond acceptors (Lipinski definition) is 5. The smallest absolute Gasteiger partial charge is 0.266 e. The minimum atomic E-state index is -3.78. The number of ether oxygens (including phenoxy) is 1. The van der Waals surface area contributed by atoms with Crippen LogP contribution in [-0.4, -0.2) is 38.8 Å². The summed E-state index contributed by atoms with van der Waals surface area (Å²) in [6.07, 6.45) is 1.62. The van der Waals surface area contributed by atoms with Gasteiger partial charge in [-0.05, 0) is 24.3 Å². The standard InChI is InChI=1S/C15H15ClN2O4S/c1-22-8-9-23(20,21)18-15(19)12-10-11(5-6-13(12)16)14-4-2-3-7-17-14/h2-7,10H,8-9H2,1H3,(H,18,19). The predicted molar refractivity (Wildman–Crippen MR) is 87.8 cm³/mol. The van der Waals surface area contributed by atoms with Crippen molar-refractivity contribution in [2.24, 2.45) is 0 Å². The van der Waals surface area contributed by atoms with Crippen molar-refractivity contribution in [1.29, 1.82) is 0 Å². The lowest BCUT2D eigenvalue weighted by Gasteiger charge is -2.09. The number of nitrogens with zero attached hydrogens (tertiary/aromatic N) is 1. The Labute approximate surface area is 139 Å². The number of carbonyl (C=O) groups excluding carboxylic acids is 1. The molecule has 0 saturated carbocycles. The van der Waals surface area contributed by atoms with Gasteiger partial charge in [0.25, 0.3) is 5.91 Å². The zero-order chi connectivity index (χ0) is 16.9. The van der Waals surface area contributed by atoms with Crippen molar-refractivity contribution in [3.8, 4) is 11.3 Å². The molecule has 8 heteroatoms. The molecule has 122 valence electrons. The van der Waals surface area contributed by atoms with E-state index in [1.54, 1.807) is 24.4 Å². The second-order valence-corrected chi connectivity index (χ2v) is 6.90. The monoisotopic (exact) mass is 354 g/mol. The number of benzene rings is 1. The van der Waals surface area contributed by atoms with E-state index in [9.17, 15) is 13.2 Å². The number of pyridine rings is 1. The van der Waals surface area contributed by atoms with Crippen molar-refractivity contribution >= 4 is 27.5 Å². The molecule has 0 aliphatic rings. The van der Waals surface area contributed by atoms with E-state index in [2.05, 4.69) is 4.98 Å². The SMILES string of the molecule is COCCS(=O)(=O)NC(=O)c1cc(-c2ccccn2)ccc1Cl. The van der Waals surface area contributed by atoms with Crippen molar-refractivity contribution in [2.75, 3.05) is 19.5 Å². The Hall–Kier alpha value is -1.96. The number of aromatic nitrogens is 1. The molecule has 1 heterocycles. The average Bonchev–Trinajstić information content (AvgIpc) is 2.54. The maximum Gasteiger partial charge on any atom is 0.266 e. The third kappa shape index (κ3) is 4.75. The predicted octanol–water partition coefficient (Wildman–Crippen LogP) is 2.11. The minimum absolute atomic E-state index is 0.00960. The summed E-state index contributed by atoms with van der Waals surface area (Å²) in [6, 6.07) is 10.1. The first-order valence-electron chi connectivity index (χ1n) is 6.67. The molecule has 0 radical (unpaired) electrons. The number of nitrogens with one attached hydrogen (secondary N) is 1. The van der Waals surface area contributed by atoms with Gasteiger partial charge in [0.05, 0.1) is 28.6 Å². The third-order valence-corrected chi connectivity index (χ3v) is 4.51. The van der Waals surface area contributed by atoms with Gasteiger partial charge >= 0.3 is 0 Å². The van der Waals surface area contributed by atoms with E-state index in [-0.39, 0.29) is 22.9 Å². The Morgan fingerprint density at radius 3 is 2.74 bits per heavy atom. The van der Waals surface area contributed by atoms with Gasteiger partial charge in [0.15, 0.2) is 0 Å². The Morgan fingerprint density at radius 2 is 2.09 bits per heavy atom. The van der Waals surface area contributed by atoms with E-state index in [1.165, 1.54) is 19.2 Å². The molecular weight excluding hydrogens is 340 g/mol. The Balaban J connectivity index is 2.27. The van der Waals surface area contributed by atoms with E-state index >= 15 is 0 Å². The zero-order valence-corrected chi connectivity index (χ0v) is 13.9. The molecule has 23 heavy (non-hydrogen) atoms. The molecule has 0 atom stereocenters. The summed E-state index contributed by atoms with van der Waals surface area (Å²) in [6.45, 7) is -0.00960. The molecule has 1 amide bonds. The van der Waals surface area contributed by atoms with Gasteiger partial charge < -0.3 is 4.74 Å². The Kier molecular flexibility index (Phi) is 5.70. The first-order chi connectivity index (χ1) is 10.9. The second kappa shape index (κ2) is 7.54. The van der Waals surface area contributed by atoms with Gasteiger partial charge in [-0.25, -0.2) is 13.1 Å². The highest BCUT2D eigenvalue weighted by Crippen LogP contribution is 2.24. The van der Waals surface area contributed by atoms with Crippen molar-refractivity contribution in [3.63, 3.8) is 0 Å². The Bertz CT molecular complexity index is 794. The van der Waals surface area contributed by atoms with Gasteiger partial charge in [-0.3, -0.25) is 9.78 Å². The number of halogens is 1. The highest BCUT2D eigenvalue weighted by atomic mass is 35.5. The lowest BCUT2D eigenvalue weighted by Crippen LogP contribution is -2.34. The third-order valence-electron chi connectivity index (χ3n) is 2.98. The number of carbonyl (C=O) groups is 1. The van der Waals surface area contributed by atoms with Gasteiger partial charge in [-0.1, -0.05) is 23.7 Å². The molecule has 1 aromatic carbocycles. The van der Waals surface area contributed by atoms with Gasteiger partial charge in [-0.2, -0.15) is 0 Å². The van der Waals surface area contributed by atoms with Gasteiger partial charge in [-0.15, -0.1) is 0 Å². The van der Waals surface area contributed by atoms with Crippen LogP contribution in [0.15, 0.2) is 42.6 Å². The van der Waals surface area contributed by atoms with Crippen LogP contribution in [-0.2, 0) is 14.8 Å². The van der Waals surface area contributed by atoms with Gasteiger partial charge in [0, 0.05) is 18.9 Å².